The molecule has 0 fully saturated rings. The van der Waals surface area contributed by atoms with E-state index in [1.807, 2.05) is 12.5 Å². The van der Waals surface area contributed by atoms with E-state index >= 15 is 0 Å². The van der Waals surface area contributed by atoms with Crippen LogP contribution in [0, 0.1) is 6.92 Å². The van der Waals surface area contributed by atoms with Gasteiger partial charge in [-0.3, -0.25) is 0 Å². The highest BCUT2D eigenvalue weighted by Gasteiger charge is 2.16. The molecule has 2 aromatic heterocycles. The number of nitrogens with one attached hydrogen (secondary N) is 1. The van der Waals surface area contributed by atoms with Gasteiger partial charge in [-0.2, -0.15) is 0 Å². The van der Waals surface area contributed by atoms with Crippen molar-refractivity contribution in [2.75, 3.05) is 6.54 Å². The molecule has 104 valence electrons. The Hall–Kier alpha value is -1.20. The molecule has 0 saturated carbocycles. The van der Waals surface area contributed by atoms with Gasteiger partial charge in [0.2, 0.25) is 0 Å². The molecule has 0 bridgehead atoms. The van der Waals surface area contributed by atoms with Crippen molar-refractivity contribution in [2.24, 2.45) is 0 Å². The third kappa shape index (κ3) is 3.04. The summed E-state index contributed by atoms with van der Waals surface area (Å²) in [5.41, 5.74) is 2.24. The number of nitrogens with zero attached hydrogens (tertiary/aromatic N) is 3. The number of hydrogen-bond donors (Lipinski definition) is 1. The Morgan fingerprint density at radius 1 is 1.42 bits per heavy atom. The maximum absolute atomic E-state index is 4.71. The summed E-state index contributed by atoms with van der Waals surface area (Å²) in [4.78, 5) is 10.3. The SMILES string of the molecule is CCCNC(C)c1sc(-c2cncn2CC)nc1C. The summed E-state index contributed by atoms with van der Waals surface area (Å²) in [6.45, 7) is 10.6. The molecular weight excluding hydrogens is 256 g/mol. The van der Waals surface area contributed by atoms with Crippen LogP contribution in [0.3, 0.4) is 0 Å². The van der Waals surface area contributed by atoms with Crippen LogP contribution in [0.2, 0.25) is 0 Å². The normalized spacial score (nSPS) is 12.8. The molecule has 0 saturated heterocycles. The van der Waals surface area contributed by atoms with Crippen LogP contribution >= 0.6 is 11.3 Å². The van der Waals surface area contributed by atoms with Crippen LogP contribution in [0.5, 0.6) is 0 Å². The van der Waals surface area contributed by atoms with Crippen LogP contribution in [0.15, 0.2) is 12.5 Å². The standard InChI is InChI=1S/C14H22N4S/c1-5-7-16-10(3)13-11(4)17-14(19-13)12-8-15-9-18(12)6-2/h8-10,16H,5-7H2,1-4H3. The second-order valence-electron chi connectivity index (χ2n) is 4.71. The molecular formula is C14H22N4S. The number of thiazole rings is 1. The Kier molecular flexibility index (Phi) is 4.71. The molecule has 0 aliphatic heterocycles. The molecule has 2 heterocycles. The highest BCUT2D eigenvalue weighted by Crippen LogP contribution is 2.31. The summed E-state index contributed by atoms with van der Waals surface area (Å²) in [6.07, 6.45) is 4.91. The molecule has 1 unspecified atom stereocenters. The van der Waals surface area contributed by atoms with Crippen molar-refractivity contribution in [3.63, 3.8) is 0 Å². The van der Waals surface area contributed by atoms with Crippen molar-refractivity contribution in [1.29, 1.82) is 0 Å². The van der Waals surface area contributed by atoms with Gasteiger partial charge in [-0.25, -0.2) is 9.97 Å². The lowest BCUT2D eigenvalue weighted by Gasteiger charge is -2.11. The first kappa shape index (κ1) is 14.2. The maximum Gasteiger partial charge on any atom is 0.142 e. The van der Waals surface area contributed by atoms with Crippen LogP contribution < -0.4 is 5.32 Å². The van der Waals surface area contributed by atoms with Gasteiger partial charge in [0, 0.05) is 17.5 Å². The van der Waals surface area contributed by atoms with Gasteiger partial charge in [0.25, 0.3) is 0 Å². The minimum atomic E-state index is 0.365. The van der Waals surface area contributed by atoms with Crippen LogP contribution in [0.25, 0.3) is 10.7 Å². The highest BCUT2D eigenvalue weighted by atomic mass is 32.1. The largest absolute Gasteiger partial charge is 0.329 e. The zero-order chi connectivity index (χ0) is 13.8. The summed E-state index contributed by atoms with van der Waals surface area (Å²) in [6, 6.07) is 0.365. The van der Waals surface area contributed by atoms with E-state index in [-0.39, 0.29) is 0 Å². The van der Waals surface area contributed by atoms with Crippen LogP contribution in [0.4, 0.5) is 0 Å². The number of hydrogen-bond acceptors (Lipinski definition) is 4. The first-order valence-corrected chi connectivity index (χ1v) is 7.70. The van der Waals surface area contributed by atoms with Gasteiger partial charge in [-0.1, -0.05) is 6.92 Å². The lowest BCUT2D eigenvalue weighted by Crippen LogP contribution is -2.18. The van der Waals surface area contributed by atoms with Gasteiger partial charge in [-0.15, -0.1) is 11.3 Å². The van der Waals surface area contributed by atoms with Crippen LogP contribution in [-0.2, 0) is 6.54 Å². The van der Waals surface area contributed by atoms with Gasteiger partial charge in [-0.05, 0) is 33.7 Å². The van der Waals surface area contributed by atoms with E-state index < -0.39 is 0 Å². The van der Waals surface area contributed by atoms with Crippen LogP contribution in [-0.4, -0.2) is 21.1 Å². The Balaban J connectivity index is 2.25. The molecule has 1 atom stereocenters. The average Bonchev–Trinajstić information content (AvgIpc) is 3.01. The molecule has 0 spiro atoms. The first-order chi connectivity index (χ1) is 9.17. The van der Waals surface area contributed by atoms with Gasteiger partial charge >= 0.3 is 0 Å². The molecule has 0 aliphatic rings. The molecule has 4 nitrogen and oxygen atoms in total. The molecule has 0 aromatic carbocycles. The molecule has 2 aromatic rings. The lowest BCUT2D eigenvalue weighted by atomic mass is 10.2. The van der Waals surface area contributed by atoms with Crippen molar-refractivity contribution in [3.8, 4) is 10.7 Å². The van der Waals surface area contributed by atoms with Crippen molar-refractivity contribution in [3.05, 3.63) is 23.1 Å². The quantitative estimate of drug-likeness (QED) is 0.880. The third-order valence-corrected chi connectivity index (χ3v) is 4.56. The first-order valence-electron chi connectivity index (χ1n) is 6.88. The fourth-order valence-electron chi connectivity index (χ4n) is 2.12. The Morgan fingerprint density at radius 3 is 2.89 bits per heavy atom. The number of aryl methyl sites for hydroxylation is 2. The zero-order valence-corrected chi connectivity index (χ0v) is 12.9. The van der Waals surface area contributed by atoms with Gasteiger partial charge < -0.3 is 9.88 Å². The number of aromatic nitrogens is 3. The average molecular weight is 278 g/mol. The summed E-state index contributed by atoms with van der Waals surface area (Å²) < 4.78 is 2.13. The van der Waals surface area contributed by atoms with Crippen molar-refractivity contribution >= 4 is 11.3 Å². The van der Waals surface area contributed by atoms with E-state index in [0.29, 0.717) is 6.04 Å². The second-order valence-corrected chi connectivity index (χ2v) is 5.74. The minimum absolute atomic E-state index is 0.365. The fraction of sp³-hybridized carbons (Fsp3) is 0.571. The predicted octanol–water partition coefficient (Wildman–Crippen LogP) is 3.40. The van der Waals surface area contributed by atoms with Crippen molar-refractivity contribution in [2.45, 2.75) is 46.7 Å². The Bertz CT molecular complexity index is 529. The molecule has 2 rings (SSSR count). The molecule has 0 amide bonds. The minimum Gasteiger partial charge on any atom is -0.329 e. The smallest absolute Gasteiger partial charge is 0.142 e. The van der Waals surface area contributed by atoms with E-state index in [2.05, 4.69) is 42.6 Å². The zero-order valence-electron chi connectivity index (χ0n) is 12.1. The highest BCUT2D eigenvalue weighted by molar-refractivity contribution is 7.15. The summed E-state index contributed by atoms with van der Waals surface area (Å²) in [7, 11) is 0. The summed E-state index contributed by atoms with van der Waals surface area (Å²) >= 11 is 1.77. The molecule has 5 heteroatoms. The molecule has 19 heavy (non-hydrogen) atoms. The third-order valence-electron chi connectivity index (χ3n) is 3.20. The van der Waals surface area contributed by atoms with E-state index in [0.717, 1.165) is 35.9 Å². The van der Waals surface area contributed by atoms with Gasteiger partial charge in [0.05, 0.1) is 23.9 Å². The van der Waals surface area contributed by atoms with Gasteiger partial charge in [0.15, 0.2) is 0 Å². The van der Waals surface area contributed by atoms with E-state index in [1.165, 1.54) is 4.88 Å². The Labute approximate surface area is 118 Å². The lowest BCUT2D eigenvalue weighted by molar-refractivity contribution is 0.575. The van der Waals surface area contributed by atoms with Crippen molar-refractivity contribution in [1.82, 2.24) is 19.9 Å². The number of imidazole rings is 1. The summed E-state index contributed by atoms with van der Waals surface area (Å²) in [5, 5.41) is 4.59. The molecule has 1 N–H and O–H groups in total. The Morgan fingerprint density at radius 2 is 2.21 bits per heavy atom. The van der Waals surface area contributed by atoms with Crippen molar-refractivity contribution < 1.29 is 0 Å². The monoisotopic (exact) mass is 278 g/mol. The molecule has 0 radical (unpaired) electrons. The van der Waals surface area contributed by atoms with Gasteiger partial charge in [0.1, 0.15) is 5.01 Å². The second kappa shape index (κ2) is 6.30. The van der Waals surface area contributed by atoms with E-state index in [1.54, 1.807) is 11.3 Å². The fourth-order valence-corrected chi connectivity index (χ4v) is 3.24. The maximum atomic E-state index is 4.71. The molecule has 0 aliphatic carbocycles. The van der Waals surface area contributed by atoms with Crippen LogP contribution in [0.1, 0.15) is 43.8 Å². The topological polar surface area (TPSA) is 42.7 Å². The number of rotatable bonds is 6. The predicted molar refractivity (Wildman–Crippen MR) is 80.5 cm³/mol. The summed E-state index contributed by atoms with van der Waals surface area (Å²) in [5.74, 6) is 0. The van der Waals surface area contributed by atoms with E-state index in [4.69, 9.17) is 4.98 Å². The van der Waals surface area contributed by atoms with E-state index in [9.17, 15) is 0 Å².